The van der Waals surface area contributed by atoms with E-state index in [4.69, 9.17) is 10.5 Å². The number of nitrogens with two attached hydrogens (primary N) is 1. The Morgan fingerprint density at radius 1 is 1.47 bits per heavy atom. The number of anilines is 2. The molecule has 0 radical (unpaired) electrons. The summed E-state index contributed by atoms with van der Waals surface area (Å²) in [5, 5.41) is 3.41. The summed E-state index contributed by atoms with van der Waals surface area (Å²) in [5.74, 6) is 0.164. The van der Waals surface area contributed by atoms with Gasteiger partial charge in [0, 0.05) is 30.5 Å². The molecule has 2 heterocycles. The lowest BCUT2D eigenvalue weighted by molar-refractivity contribution is -0.117. The summed E-state index contributed by atoms with van der Waals surface area (Å²) in [6, 6.07) is 6.04. The van der Waals surface area contributed by atoms with Crippen molar-refractivity contribution in [3.8, 4) is 0 Å². The molecule has 19 heavy (non-hydrogen) atoms. The molecule has 1 saturated heterocycles. The van der Waals surface area contributed by atoms with Gasteiger partial charge < -0.3 is 20.7 Å². The summed E-state index contributed by atoms with van der Waals surface area (Å²) in [5.41, 5.74) is 8.52. The minimum absolute atomic E-state index is 0.164. The Balaban J connectivity index is 1.66. The second kappa shape index (κ2) is 5.19. The molecule has 1 fully saturated rings. The van der Waals surface area contributed by atoms with Crippen molar-refractivity contribution >= 4 is 17.3 Å². The predicted octanol–water partition coefficient (Wildman–Crippen LogP) is 0.536. The van der Waals surface area contributed by atoms with Gasteiger partial charge in [-0.15, -0.1) is 0 Å². The topological polar surface area (TPSA) is 67.6 Å². The summed E-state index contributed by atoms with van der Waals surface area (Å²) in [7, 11) is 0. The third-order valence-electron chi connectivity index (χ3n) is 3.74. The van der Waals surface area contributed by atoms with Crippen molar-refractivity contribution in [3.05, 3.63) is 23.8 Å². The highest BCUT2D eigenvalue weighted by Gasteiger charge is 2.27. The van der Waals surface area contributed by atoms with Gasteiger partial charge in [0.2, 0.25) is 5.91 Å². The van der Waals surface area contributed by atoms with E-state index in [1.165, 1.54) is 0 Å². The maximum Gasteiger partial charge on any atom is 0.231 e. The lowest BCUT2D eigenvalue weighted by atomic mass is 10.1. The zero-order chi connectivity index (χ0) is 13.2. The molecule has 0 aliphatic carbocycles. The lowest BCUT2D eigenvalue weighted by Crippen LogP contribution is -2.43. The van der Waals surface area contributed by atoms with E-state index in [1.807, 2.05) is 23.1 Å². The molecular formula is C14H19N3O2. The van der Waals surface area contributed by atoms with Crippen LogP contribution in [0.25, 0.3) is 0 Å². The third-order valence-corrected chi connectivity index (χ3v) is 3.74. The molecule has 0 aromatic heterocycles. The highest BCUT2D eigenvalue weighted by Crippen LogP contribution is 2.30. The van der Waals surface area contributed by atoms with Crippen LogP contribution in [0.4, 0.5) is 11.4 Å². The first-order chi connectivity index (χ1) is 9.24. The molecule has 5 heteroatoms. The summed E-state index contributed by atoms with van der Waals surface area (Å²) in [6.07, 6.45) is 1.38. The van der Waals surface area contributed by atoms with Gasteiger partial charge in [0.05, 0.1) is 19.6 Å². The molecule has 1 unspecified atom stereocenters. The molecule has 2 aliphatic heterocycles. The molecule has 1 atom stereocenters. The SMILES string of the molecule is Nc1ccc2c(c1)CC(=O)N2CCC1COCCN1. The van der Waals surface area contributed by atoms with Gasteiger partial charge in [-0.1, -0.05) is 0 Å². The number of nitrogens with one attached hydrogen (secondary N) is 1. The number of morpholine rings is 1. The van der Waals surface area contributed by atoms with Crippen LogP contribution in [0.15, 0.2) is 18.2 Å². The molecule has 3 rings (SSSR count). The second-order valence-electron chi connectivity index (χ2n) is 5.12. The molecule has 0 spiro atoms. The summed E-state index contributed by atoms with van der Waals surface area (Å²) >= 11 is 0. The molecule has 2 aliphatic rings. The molecule has 1 aromatic carbocycles. The molecule has 1 aromatic rings. The van der Waals surface area contributed by atoms with Gasteiger partial charge in [-0.25, -0.2) is 0 Å². The van der Waals surface area contributed by atoms with Gasteiger partial charge in [-0.3, -0.25) is 4.79 Å². The van der Waals surface area contributed by atoms with E-state index in [-0.39, 0.29) is 5.91 Å². The fourth-order valence-corrected chi connectivity index (χ4v) is 2.74. The van der Waals surface area contributed by atoms with E-state index in [9.17, 15) is 4.79 Å². The maximum atomic E-state index is 12.0. The quantitative estimate of drug-likeness (QED) is 0.779. The number of nitrogen functional groups attached to an aromatic ring is 1. The first-order valence-electron chi connectivity index (χ1n) is 6.74. The van der Waals surface area contributed by atoms with Crippen LogP contribution in [0, 0.1) is 0 Å². The second-order valence-corrected chi connectivity index (χ2v) is 5.12. The van der Waals surface area contributed by atoms with Gasteiger partial charge in [0.25, 0.3) is 0 Å². The predicted molar refractivity (Wildman–Crippen MR) is 74.1 cm³/mol. The van der Waals surface area contributed by atoms with Crippen molar-refractivity contribution in [1.29, 1.82) is 0 Å². The largest absolute Gasteiger partial charge is 0.399 e. The van der Waals surface area contributed by atoms with Gasteiger partial charge in [0.1, 0.15) is 0 Å². The van der Waals surface area contributed by atoms with Crippen LogP contribution in [0.2, 0.25) is 0 Å². The average molecular weight is 261 g/mol. The van der Waals surface area contributed by atoms with E-state index in [2.05, 4.69) is 5.32 Å². The van der Waals surface area contributed by atoms with Crippen molar-refractivity contribution in [2.45, 2.75) is 18.9 Å². The van der Waals surface area contributed by atoms with Crippen LogP contribution in [0.1, 0.15) is 12.0 Å². The minimum atomic E-state index is 0.164. The Kier molecular flexibility index (Phi) is 3.40. The third kappa shape index (κ3) is 2.57. The lowest BCUT2D eigenvalue weighted by Gasteiger charge is -2.26. The number of rotatable bonds is 3. The van der Waals surface area contributed by atoms with E-state index in [0.29, 0.717) is 12.5 Å². The molecule has 0 bridgehead atoms. The number of ether oxygens (including phenoxy) is 1. The first kappa shape index (κ1) is 12.4. The normalized spacial score (nSPS) is 22.6. The Morgan fingerprint density at radius 2 is 2.37 bits per heavy atom. The summed E-state index contributed by atoms with van der Waals surface area (Å²) < 4.78 is 5.43. The Bertz CT molecular complexity index is 484. The van der Waals surface area contributed by atoms with Crippen molar-refractivity contribution < 1.29 is 9.53 Å². The number of fused-ring (bicyclic) bond motifs is 1. The van der Waals surface area contributed by atoms with Crippen LogP contribution in [0.5, 0.6) is 0 Å². The average Bonchev–Trinajstić information content (AvgIpc) is 2.72. The fraction of sp³-hybridized carbons (Fsp3) is 0.500. The van der Waals surface area contributed by atoms with Crippen LogP contribution >= 0.6 is 0 Å². The van der Waals surface area contributed by atoms with Gasteiger partial charge in [0.15, 0.2) is 0 Å². The van der Waals surface area contributed by atoms with Crippen molar-refractivity contribution in [2.24, 2.45) is 0 Å². The fourth-order valence-electron chi connectivity index (χ4n) is 2.74. The van der Waals surface area contributed by atoms with Crippen LogP contribution in [-0.4, -0.2) is 38.3 Å². The molecular weight excluding hydrogens is 242 g/mol. The Hall–Kier alpha value is -1.59. The number of hydrogen-bond acceptors (Lipinski definition) is 4. The summed E-state index contributed by atoms with van der Waals surface area (Å²) in [4.78, 5) is 13.9. The standard InChI is InChI=1S/C14H19N3O2/c15-11-1-2-13-10(7-11)8-14(18)17(13)5-3-12-9-19-6-4-16-12/h1-2,7,12,16H,3-6,8-9,15H2. The molecule has 3 N–H and O–H groups in total. The highest BCUT2D eigenvalue weighted by atomic mass is 16.5. The van der Waals surface area contributed by atoms with Gasteiger partial charge in [-0.2, -0.15) is 0 Å². The molecule has 0 saturated carbocycles. The van der Waals surface area contributed by atoms with Crippen molar-refractivity contribution in [1.82, 2.24) is 5.32 Å². The minimum Gasteiger partial charge on any atom is -0.399 e. The van der Waals surface area contributed by atoms with Gasteiger partial charge >= 0.3 is 0 Å². The summed E-state index contributed by atoms with van der Waals surface area (Å²) in [6.45, 7) is 3.14. The van der Waals surface area contributed by atoms with E-state index < -0.39 is 0 Å². The Morgan fingerprint density at radius 3 is 3.16 bits per heavy atom. The van der Waals surface area contributed by atoms with E-state index in [1.54, 1.807) is 0 Å². The first-order valence-corrected chi connectivity index (χ1v) is 6.74. The van der Waals surface area contributed by atoms with Crippen LogP contribution < -0.4 is 16.0 Å². The van der Waals surface area contributed by atoms with E-state index in [0.717, 1.165) is 49.7 Å². The monoisotopic (exact) mass is 261 g/mol. The number of carbonyl (C=O) groups is 1. The number of carbonyl (C=O) groups excluding carboxylic acids is 1. The van der Waals surface area contributed by atoms with Gasteiger partial charge in [-0.05, 0) is 30.2 Å². The number of benzene rings is 1. The number of hydrogen-bond donors (Lipinski definition) is 2. The number of nitrogens with zero attached hydrogens (tertiary/aromatic N) is 1. The molecule has 1 amide bonds. The van der Waals surface area contributed by atoms with Crippen molar-refractivity contribution in [3.63, 3.8) is 0 Å². The maximum absolute atomic E-state index is 12.0. The smallest absolute Gasteiger partial charge is 0.231 e. The van der Waals surface area contributed by atoms with Crippen LogP contribution in [-0.2, 0) is 16.0 Å². The zero-order valence-electron chi connectivity index (χ0n) is 10.9. The Labute approximate surface area is 112 Å². The highest BCUT2D eigenvalue weighted by molar-refractivity contribution is 6.01. The van der Waals surface area contributed by atoms with Crippen molar-refractivity contribution in [2.75, 3.05) is 36.9 Å². The van der Waals surface area contributed by atoms with Crippen LogP contribution in [0.3, 0.4) is 0 Å². The zero-order valence-corrected chi connectivity index (χ0v) is 10.9. The molecule has 102 valence electrons. The molecule has 5 nitrogen and oxygen atoms in total. The number of amides is 1. The van der Waals surface area contributed by atoms with E-state index >= 15 is 0 Å².